The second-order valence-corrected chi connectivity index (χ2v) is 15.0. The van der Waals surface area contributed by atoms with E-state index >= 15 is 0 Å². The van der Waals surface area contributed by atoms with E-state index in [1.54, 1.807) is 0 Å². The summed E-state index contributed by atoms with van der Waals surface area (Å²) in [5.41, 5.74) is 6.55. The van der Waals surface area contributed by atoms with E-state index in [2.05, 4.69) is 30.2 Å². The topological polar surface area (TPSA) is 96.5 Å². The molecule has 2 saturated heterocycles. The molecule has 15 heteroatoms. The number of nitrogens with zero attached hydrogens (tertiary/aromatic N) is 8. The molecule has 0 unspecified atom stereocenters. The van der Waals surface area contributed by atoms with Crippen molar-refractivity contribution < 1.29 is 30.7 Å². The molecule has 6 rings (SSSR count). The van der Waals surface area contributed by atoms with Gasteiger partial charge >= 0.3 is 21.1 Å². The maximum Gasteiger partial charge on any atom is 2.00 e. The summed E-state index contributed by atoms with van der Waals surface area (Å²) in [6.45, 7) is 11.7. The number of aryl methyl sites for hydroxylation is 2. The fourth-order valence-corrected chi connectivity index (χ4v) is 6.58. The first-order valence-corrected chi connectivity index (χ1v) is 19.5. The van der Waals surface area contributed by atoms with E-state index in [0.29, 0.717) is 33.3 Å². The van der Waals surface area contributed by atoms with Crippen molar-refractivity contribution in [3.05, 3.63) is 58.7 Å². The minimum absolute atomic E-state index is 0. The van der Waals surface area contributed by atoms with Gasteiger partial charge in [0.05, 0.1) is 11.4 Å². The van der Waals surface area contributed by atoms with Gasteiger partial charge in [-0.2, -0.15) is 10.2 Å². The van der Waals surface area contributed by atoms with Crippen molar-refractivity contribution in [3.63, 3.8) is 0 Å². The van der Waals surface area contributed by atoms with E-state index in [4.69, 9.17) is 25.3 Å². The van der Waals surface area contributed by atoms with Gasteiger partial charge in [-0.25, -0.2) is 0 Å². The molecule has 49 heavy (non-hydrogen) atoms. The summed E-state index contributed by atoms with van der Waals surface area (Å²) in [4.78, 5) is 34.2. The fraction of sp³-hybridized carbons (Fsp3) is 0.471. The SMILES string of the molecule is CS/C([S-])=N/N=C1/C(=O)N(CCN2CCCC2)c2ccc(C)cc21.CS/C([S-])=N/N=C1/C(=O)N(CCN2CCCC2)c2ccc(C)cc21.[Pt+2]. The Balaban J connectivity index is 0.000000216. The van der Waals surface area contributed by atoms with Gasteiger partial charge in [-0.05, 0) is 111 Å². The third-order valence-electron chi connectivity index (χ3n) is 8.78. The van der Waals surface area contributed by atoms with Gasteiger partial charge in [0.15, 0.2) is 11.4 Å². The molecule has 4 aliphatic rings. The molecule has 0 aromatic heterocycles. The molecule has 2 fully saturated rings. The van der Waals surface area contributed by atoms with Crippen molar-refractivity contribution in [2.24, 2.45) is 20.4 Å². The molecule has 264 valence electrons. The number of benzene rings is 2. The Morgan fingerprint density at radius 1 is 0.653 bits per heavy atom. The molecule has 2 aromatic carbocycles. The first kappa shape index (κ1) is 39.6. The van der Waals surface area contributed by atoms with Gasteiger partial charge in [-0.15, -0.1) is 33.7 Å². The number of carbonyl (C=O) groups is 2. The van der Waals surface area contributed by atoms with Crippen LogP contribution in [0.3, 0.4) is 0 Å². The van der Waals surface area contributed by atoms with Crippen molar-refractivity contribution in [1.82, 2.24) is 9.80 Å². The van der Waals surface area contributed by atoms with Gasteiger partial charge < -0.3 is 44.9 Å². The average Bonchev–Trinajstić information content (AvgIpc) is 3.89. The van der Waals surface area contributed by atoms with Gasteiger partial charge in [0.2, 0.25) is 0 Å². The maximum atomic E-state index is 12.8. The van der Waals surface area contributed by atoms with Crippen molar-refractivity contribution in [2.45, 2.75) is 39.5 Å². The zero-order valence-corrected chi connectivity index (χ0v) is 33.8. The smallest absolute Gasteiger partial charge is 0.752 e. The van der Waals surface area contributed by atoms with Crippen LogP contribution in [0.15, 0.2) is 56.8 Å². The zero-order chi connectivity index (χ0) is 34.2. The molecule has 0 spiro atoms. The Labute approximate surface area is 323 Å². The molecule has 10 nitrogen and oxygen atoms in total. The summed E-state index contributed by atoms with van der Waals surface area (Å²) < 4.78 is 0.861. The minimum atomic E-state index is -0.0811. The number of anilines is 2. The second-order valence-electron chi connectivity index (χ2n) is 12.1. The normalized spacial score (nSPS) is 19.8. The summed E-state index contributed by atoms with van der Waals surface area (Å²) in [5, 5.41) is 16.3. The third kappa shape index (κ3) is 9.99. The number of carbonyl (C=O) groups excluding carboxylic acids is 2. The van der Waals surface area contributed by atoms with Crippen LogP contribution in [-0.4, -0.2) is 107 Å². The van der Waals surface area contributed by atoms with Crippen LogP contribution in [0.25, 0.3) is 0 Å². The summed E-state index contributed by atoms with van der Waals surface area (Å²) in [6.07, 6.45) is 8.71. The molecule has 0 N–H and O–H groups in total. The quantitative estimate of drug-likeness (QED) is 0.161. The number of fused-ring (bicyclic) bond motifs is 2. The van der Waals surface area contributed by atoms with Crippen LogP contribution >= 0.6 is 23.5 Å². The van der Waals surface area contributed by atoms with Crippen molar-refractivity contribution in [1.29, 1.82) is 0 Å². The predicted octanol–water partition coefficient (Wildman–Crippen LogP) is 4.81. The minimum Gasteiger partial charge on any atom is -0.752 e. The third-order valence-corrected chi connectivity index (χ3v) is 10.8. The molecule has 0 saturated carbocycles. The molecule has 4 heterocycles. The van der Waals surface area contributed by atoms with Crippen LogP contribution in [-0.2, 0) is 55.9 Å². The first-order valence-electron chi connectivity index (χ1n) is 16.2. The number of likely N-dealkylation sites (tertiary alicyclic amines) is 2. The largest absolute Gasteiger partial charge is 2.00 e. The van der Waals surface area contributed by atoms with E-state index < -0.39 is 0 Å². The second kappa shape index (κ2) is 18.9. The molecule has 2 aromatic rings. The van der Waals surface area contributed by atoms with Crippen LogP contribution in [0, 0.1) is 13.8 Å². The Bertz CT molecular complexity index is 1520. The van der Waals surface area contributed by atoms with Gasteiger partial charge in [0.25, 0.3) is 11.8 Å². The van der Waals surface area contributed by atoms with Crippen LogP contribution in [0.2, 0.25) is 0 Å². The molecule has 0 atom stereocenters. The van der Waals surface area contributed by atoms with Crippen LogP contribution in [0.4, 0.5) is 11.4 Å². The Morgan fingerprint density at radius 3 is 1.37 bits per heavy atom. The van der Waals surface area contributed by atoms with E-state index in [1.165, 1.54) is 49.2 Å². The van der Waals surface area contributed by atoms with Crippen molar-refractivity contribution in [3.8, 4) is 0 Å². The first-order chi connectivity index (χ1) is 23.2. The molecule has 4 aliphatic heterocycles. The fourth-order valence-electron chi connectivity index (χ4n) is 6.25. The summed E-state index contributed by atoms with van der Waals surface area (Å²) in [6, 6.07) is 12.1. The van der Waals surface area contributed by atoms with Gasteiger partial charge in [-0.1, -0.05) is 23.3 Å². The summed E-state index contributed by atoms with van der Waals surface area (Å²) in [7, 11) is 0. The Morgan fingerprint density at radius 2 is 1.02 bits per heavy atom. The van der Waals surface area contributed by atoms with Gasteiger partial charge in [0.1, 0.15) is 0 Å². The van der Waals surface area contributed by atoms with Crippen molar-refractivity contribution in [2.75, 3.05) is 74.7 Å². The molecule has 2 amide bonds. The van der Waals surface area contributed by atoms with E-state index in [0.717, 1.165) is 72.9 Å². The van der Waals surface area contributed by atoms with E-state index in [9.17, 15) is 9.59 Å². The standard InChI is InChI=1S/2C17H22N4OS2.Pt/c2*1-12-5-6-14-13(11-12)15(18-19-17(23)24-2)16(22)21(14)10-9-20-7-3-4-8-20;/h2*5-6,11H,3-4,7-10H2,1-2H3,(H,19,23);/q;;+2/p-2/b2*18-15+;. The monoisotopic (exact) mass is 917 g/mol. The number of thioether (sulfide) groups is 2. The van der Waals surface area contributed by atoms with Gasteiger partial charge in [0, 0.05) is 37.3 Å². The molecular weight excluding hydrogens is 876 g/mol. The Hall–Kier alpha value is -2.19. The average molecular weight is 918 g/mol. The molecule has 0 aliphatic carbocycles. The number of hydrogen-bond acceptors (Lipinski definition) is 12. The van der Waals surface area contributed by atoms with Crippen molar-refractivity contribution >= 4 is 92.1 Å². The summed E-state index contributed by atoms with van der Waals surface area (Å²) >= 11 is 12.8. The van der Waals surface area contributed by atoms with Crippen LogP contribution in [0.5, 0.6) is 0 Å². The van der Waals surface area contributed by atoms with Crippen LogP contribution < -0.4 is 9.80 Å². The maximum absolute atomic E-state index is 12.8. The predicted molar refractivity (Wildman–Crippen MR) is 208 cm³/mol. The number of rotatable bonds is 8. The molecule has 0 radical (unpaired) electrons. The van der Waals surface area contributed by atoms with E-state index in [1.807, 2.05) is 72.6 Å². The Kier molecular flexibility index (Phi) is 15.2. The van der Waals surface area contributed by atoms with Crippen LogP contribution in [0.1, 0.15) is 47.9 Å². The number of amides is 2. The van der Waals surface area contributed by atoms with E-state index in [-0.39, 0.29) is 32.9 Å². The summed E-state index contributed by atoms with van der Waals surface area (Å²) in [5.74, 6) is -0.162. The molecular formula is C34H42N8O2PtS4. The number of hydrogen-bond donors (Lipinski definition) is 0. The van der Waals surface area contributed by atoms with Gasteiger partial charge in [-0.3, -0.25) is 9.59 Å². The molecule has 0 bridgehead atoms. The zero-order valence-electron chi connectivity index (χ0n) is 28.3.